The van der Waals surface area contributed by atoms with Crippen molar-refractivity contribution >= 4 is 62.4 Å². The Morgan fingerprint density at radius 2 is 1.38 bits per heavy atom. The Morgan fingerprint density at radius 1 is 0.722 bits per heavy atom. The maximum atomic E-state index is 14.1. The van der Waals surface area contributed by atoms with Gasteiger partial charge in [0, 0.05) is 101 Å². The molecule has 22 nitrogen and oxygen atoms in total. The maximum Gasteiger partial charge on any atom is 0.407 e. The second-order valence-corrected chi connectivity index (χ2v) is 16.8. The van der Waals surface area contributed by atoms with Crippen LogP contribution in [0.5, 0.6) is 11.5 Å². The second-order valence-electron chi connectivity index (χ2n) is 16.8. The molecule has 3 amide bonds. The molecule has 0 unspecified atom stereocenters. The van der Waals surface area contributed by atoms with Crippen molar-refractivity contribution in [3.8, 4) is 23.0 Å². The van der Waals surface area contributed by atoms with E-state index in [1.165, 1.54) is 13.2 Å². The van der Waals surface area contributed by atoms with Gasteiger partial charge in [0.05, 0.1) is 48.7 Å². The van der Waals surface area contributed by atoms with Crippen molar-refractivity contribution < 1.29 is 47.7 Å². The molecule has 0 aliphatic rings. The number of aromatic nitrogens is 9. The third kappa shape index (κ3) is 11.9. The van der Waals surface area contributed by atoms with Crippen LogP contribution in [-0.4, -0.2) is 127 Å². The van der Waals surface area contributed by atoms with E-state index in [1.807, 2.05) is 59.7 Å². The van der Waals surface area contributed by atoms with Gasteiger partial charge in [-0.3, -0.25) is 28.5 Å². The molecule has 72 heavy (non-hydrogen) atoms. The van der Waals surface area contributed by atoms with Crippen molar-refractivity contribution in [2.24, 2.45) is 11.5 Å². The summed E-state index contributed by atoms with van der Waals surface area (Å²) in [4.78, 5) is 78.2. The SMILES string of the molecule is CCn1nc(C)cc1C(=O)Cc1nc2cc(C(N)=O)cc(OCCCOC(=O)NCCC(=O)COC)c2n1C/C=C/Cn1c2nc(-c3cc(C)nn3CC)ncc2c2cc(C(N)=O)cc(OCCCOC)c21. The lowest BCUT2D eigenvalue weighted by Gasteiger charge is -2.13. The zero-order valence-corrected chi connectivity index (χ0v) is 41.4. The van der Waals surface area contributed by atoms with E-state index in [0.717, 1.165) is 11.4 Å². The Morgan fingerprint density at radius 3 is 2.06 bits per heavy atom. The number of hydrogen-bond acceptors (Lipinski definition) is 15. The van der Waals surface area contributed by atoms with Gasteiger partial charge >= 0.3 is 6.09 Å². The van der Waals surface area contributed by atoms with Crippen LogP contribution in [0.25, 0.3) is 44.5 Å². The molecule has 2 aromatic carbocycles. The molecular formula is C50H60N12O10. The van der Waals surface area contributed by atoms with Gasteiger partial charge in [-0.1, -0.05) is 12.2 Å². The van der Waals surface area contributed by atoms with E-state index in [0.29, 0.717) is 94.5 Å². The average molecular weight is 989 g/mol. The summed E-state index contributed by atoms with van der Waals surface area (Å²) in [6, 6.07) is 10.1. The molecule has 0 saturated carbocycles. The largest absolute Gasteiger partial charge is 0.491 e. The molecule has 7 aromatic rings. The first kappa shape index (κ1) is 51.9. The number of imidazole rings is 1. The number of nitrogens with one attached hydrogen (secondary N) is 1. The van der Waals surface area contributed by atoms with Crippen LogP contribution < -0.4 is 26.3 Å². The Hall–Kier alpha value is -7.98. The summed E-state index contributed by atoms with van der Waals surface area (Å²) in [5, 5.41) is 13.0. The number of ether oxygens (including phenoxy) is 5. The van der Waals surface area contributed by atoms with Gasteiger partial charge in [0.1, 0.15) is 46.5 Å². The molecule has 0 atom stereocenters. The van der Waals surface area contributed by atoms with E-state index in [1.54, 1.807) is 42.3 Å². The number of rotatable bonds is 27. The molecule has 0 fully saturated rings. The number of methoxy groups -OCH3 is 2. The van der Waals surface area contributed by atoms with E-state index in [-0.39, 0.29) is 87.2 Å². The van der Waals surface area contributed by atoms with Gasteiger partial charge in [0.2, 0.25) is 11.8 Å². The van der Waals surface area contributed by atoms with E-state index in [4.69, 9.17) is 50.1 Å². The minimum absolute atomic E-state index is 0.0103. The van der Waals surface area contributed by atoms with Crippen LogP contribution in [0.2, 0.25) is 0 Å². The van der Waals surface area contributed by atoms with Crippen molar-refractivity contribution in [2.45, 2.75) is 79.6 Å². The van der Waals surface area contributed by atoms with E-state index >= 15 is 0 Å². The molecule has 0 aliphatic carbocycles. The van der Waals surface area contributed by atoms with E-state index in [9.17, 15) is 24.0 Å². The standard InChI is InChI=1S/C50H60N12O10/c1-7-61-38(21-30(3)57-61)40(64)27-43-55-37-24-33(47(52)66)26-42(71-19-12-20-72-50(67)53-14-13-34(63)29-69-6)45(37)59(43)15-9-10-16-60-44-35(23-32(46(51)65)25-41(44)70-18-11-17-68-5)36-28-54-48(56-49(36)60)39-22-31(4)58-62(39)8-2/h9-10,21-26,28H,7-8,11-20,27,29H2,1-6H3,(H2,51,65)(H2,52,66)(H,53,67)/b10-9+. The first-order valence-corrected chi connectivity index (χ1v) is 23.6. The van der Waals surface area contributed by atoms with Gasteiger partial charge in [0.15, 0.2) is 17.4 Å². The third-order valence-corrected chi connectivity index (χ3v) is 11.6. The topological polar surface area (TPSA) is 280 Å². The third-order valence-electron chi connectivity index (χ3n) is 11.6. The van der Waals surface area contributed by atoms with Crippen molar-refractivity contribution in [3.05, 3.63) is 88.8 Å². The molecule has 7 rings (SSSR count). The number of fused-ring (bicyclic) bond motifs is 4. The quantitative estimate of drug-likeness (QED) is 0.0346. The minimum Gasteiger partial charge on any atom is -0.491 e. The molecule has 22 heteroatoms. The number of amides is 3. The molecule has 0 radical (unpaired) electrons. The van der Waals surface area contributed by atoms with Gasteiger partial charge in [0.25, 0.3) is 0 Å². The highest BCUT2D eigenvalue weighted by Crippen LogP contribution is 2.37. The first-order chi connectivity index (χ1) is 34.7. The summed E-state index contributed by atoms with van der Waals surface area (Å²) in [6.07, 6.45) is 5.74. The Labute approximate surface area is 414 Å². The number of ketones is 2. The number of benzene rings is 2. The fourth-order valence-corrected chi connectivity index (χ4v) is 8.33. The van der Waals surface area contributed by atoms with E-state index < -0.39 is 17.9 Å². The van der Waals surface area contributed by atoms with Gasteiger partial charge in [-0.05, 0) is 64.1 Å². The fraction of sp³-hybridized carbons (Fsp3) is 0.400. The fourth-order valence-electron chi connectivity index (χ4n) is 8.33. The summed E-state index contributed by atoms with van der Waals surface area (Å²) in [6.45, 7) is 10.0. The normalized spacial score (nSPS) is 11.6. The van der Waals surface area contributed by atoms with E-state index in [2.05, 4.69) is 15.5 Å². The summed E-state index contributed by atoms with van der Waals surface area (Å²) < 4.78 is 35.3. The molecule has 0 aliphatic heterocycles. The maximum absolute atomic E-state index is 14.1. The highest BCUT2D eigenvalue weighted by molar-refractivity contribution is 6.12. The number of nitrogens with zero attached hydrogens (tertiary/aromatic N) is 9. The minimum atomic E-state index is -0.711. The summed E-state index contributed by atoms with van der Waals surface area (Å²) >= 11 is 0. The van der Waals surface area contributed by atoms with Gasteiger partial charge in [-0.25, -0.2) is 19.7 Å². The lowest BCUT2D eigenvalue weighted by atomic mass is 10.1. The van der Waals surface area contributed by atoms with Gasteiger partial charge in [-0.15, -0.1) is 0 Å². The molecule has 380 valence electrons. The number of Topliss-reactive ketones (excluding diaryl/α,β-unsaturated/α-hetero) is 2. The summed E-state index contributed by atoms with van der Waals surface area (Å²) in [5.74, 6) is -0.170. The van der Waals surface area contributed by atoms with Crippen LogP contribution in [0.4, 0.5) is 4.79 Å². The van der Waals surface area contributed by atoms with Crippen LogP contribution in [-0.2, 0) is 51.6 Å². The molecule has 0 spiro atoms. The predicted octanol–water partition coefficient (Wildman–Crippen LogP) is 5.05. The second kappa shape index (κ2) is 23.8. The molecule has 0 bridgehead atoms. The summed E-state index contributed by atoms with van der Waals surface area (Å²) in [7, 11) is 3.03. The van der Waals surface area contributed by atoms with Crippen LogP contribution in [0.1, 0.15) is 81.5 Å². The number of hydrogen-bond donors (Lipinski definition) is 3. The van der Waals surface area contributed by atoms with Crippen LogP contribution in [0.3, 0.4) is 0 Å². The smallest absolute Gasteiger partial charge is 0.407 e. The number of alkyl carbamates (subject to hydrolysis) is 1. The number of allylic oxidation sites excluding steroid dienone is 2. The molecular weight excluding hydrogens is 929 g/mol. The lowest BCUT2D eigenvalue weighted by molar-refractivity contribution is -0.122. The summed E-state index contributed by atoms with van der Waals surface area (Å²) in [5.41, 5.74) is 16.8. The number of carbonyl (C=O) groups excluding carboxylic acids is 5. The Kier molecular flexibility index (Phi) is 17.1. The molecule has 5 heterocycles. The molecule has 5 N–H and O–H groups in total. The number of aryl methyl sites for hydroxylation is 4. The van der Waals surface area contributed by atoms with Gasteiger partial charge in [-0.2, -0.15) is 10.2 Å². The highest BCUT2D eigenvalue weighted by Gasteiger charge is 2.24. The van der Waals surface area contributed by atoms with Crippen molar-refractivity contribution in [3.63, 3.8) is 0 Å². The number of nitrogens with two attached hydrogens (primary N) is 2. The van der Waals surface area contributed by atoms with Crippen LogP contribution in [0.15, 0.2) is 54.7 Å². The molecule has 0 saturated heterocycles. The highest BCUT2D eigenvalue weighted by atomic mass is 16.5. The average Bonchev–Trinajstić information content (AvgIpc) is 4.12. The predicted molar refractivity (Wildman–Crippen MR) is 266 cm³/mol. The van der Waals surface area contributed by atoms with Crippen LogP contribution >= 0.6 is 0 Å². The molecule has 5 aromatic heterocycles. The zero-order valence-electron chi connectivity index (χ0n) is 41.4. The van der Waals surface area contributed by atoms with Crippen molar-refractivity contribution in [1.29, 1.82) is 0 Å². The monoisotopic (exact) mass is 988 g/mol. The lowest BCUT2D eigenvalue weighted by Crippen LogP contribution is -2.28. The van der Waals surface area contributed by atoms with Crippen LogP contribution in [0, 0.1) is 13.8 Å². The number of primary amides is 2. The first-order valence-electron chi connectivity index (χ1n) is 23.6. The van der Waals surface area contributed by atoms with Crippen molar-refractivity contribution in [1.82, 2.24) is 49.0 Å². The Balaban J connectivity index is 1.26. The zero-order chi connectivity index (χ0) is 51.5. The van der Waals surface area contributed by atoms with Crippen molar-refractivity contribution in [2.75, 3.05) is 53.8 Å². The number of carbonyl (C=O) groups is 5. The Bertz CT molecular complexity index is 3160. The van der Waals surface area contributed by atoms with Gasteiger partial charge < -0.3 is 49.6 Å².